The molecule has 1 rings (SSSR count). The highest BCUT2D eigenvalue weighted by Crippen LogP contribution is 2.25. The van der Waals surface area contributed by atoms with Crippen molar-refractivity contribution >= 4 is 32.1 Å². The monoisotopic (exact) mass is 302 g/mol. The lowest BCUT2D eigenvalue weighted by atomic mass is 10.4. The highest BCUT2D eigenvalue weighted by atomic mass is 32.2. The van der Waals surface area contributed by atoms with Crippen molar-refractivity contribution < 1.29 is 8.85 Å². The van der Waals surface area contributed by atoms with Crippen molar-refractivity contribution in [2.75, 3.05) is 24.8 Å². The third-order valence-corrected chi connectivity index (χ3v) is 8.28. The van der Waals surface area contributed by atoms with Crippen molar-refractivity contribution in [1.29, 1.82) is 0 Å². The minimum absolute atomic E-state index is 0.731. The van der Waals surface area contributed by atoms with Crippen molar-refractivity contribution in [1.82, 2.24) is 0 Å². The molecule has 0 unspecified atom stereocenters. The van der Waals surface area contributed by atoms with Crippen LogP contribution in [-0.2, 0) is 8.85 Å². The van der Waals surface area contributed by atoms with Crippen LogP contribution in [0.1, 0.15) is 13.8 Å². The molecule has 0 aliphatic carbocycles. The third kappa shape index (κ3) is 5.36. The van der Waals surface area contributed by atoms with E-state index < -0.39 is 8.56 Å². The fraction of sp³-hybridized carbons (Fsp3) is 0.538. The molecule has 0 heterocycles. The summed E-state index contributed by atoms with van der Waals surface area (Å²) in [6, 6.07) is 8.66. The normalized spacial score (nSPS) is 11.8. The molecule has 102 valence electrons. The number of rotatable bonds is 8. The first-order valence-electron chi connectivity index (χ1n) is 6.18. The van der Waals surface area contributed by atoms with E-state index in [9.17, 15) is 0 Å². The van der Waals surface area contributed by atoms with E-state index in [2.05, 4.69) is 37.1 Å². The van der Waals surface area contributed by atoms with E-state index in [1.54, 1.807) is 11.8 Å². The zero-order chi connectivity index (χ0) is 13.4. The Labute approximate surface area is 120 Å². The summed E-state index contributed by atoms with van der Waals surface area (Å²) in [5, 5.41) is 0.938. The summed E-state index contributed by atoms with van der Waals surface area (Å²) in [5.74, 6) is 0. The molecule has 0 saturated carbocycles. The maximum absolute atomic E-state index is 5.83. The fourth-order valence-corrected chi connectivity index (χ4v) is 6.05. The SMILES string of the molecule is CCO[Si](C)(CSc1ccc(SC)cc1)OCC. The van der Waals surface area contributed by atoms with Gasteiger partial charge >= 0.3 is 8.56 Å². The van der Waals surface area contributed by atoms with Crippen molar-refractivity contribution in [2.24, 2.45) is 0 Å². The molecule has 0 saturated heterocycles. The van der Waals surface area contributed by atoms with Gasteiger partial charge in [0.05, 0.1) is 0 Å². The molecule has 18 heavy (non-hydrogen) atoms. The van der Waals surface area contributed by atoms with E-state index >= 15 is 0 Å². The van der Waals surface area contributed by atoms with Gasteiger partial charge in [0.1, 0.15) is 0 Å². The summed E-state index contributed by atoms with van der Waals surface area (Å²) >= 11 is 3.60. The average molecular weight is 303 g/mol. The molecule has 5 heteroatoms. The van der Waals surface area contributed by atoms with Gasteiger partial charge in [0.2, 0.25) is 0 Å². The van der Waals surface area contributed by atoms with Crippen LogP contribution in [0.5, 0.6) is 0 Å². The topological polar surface area (TPSA) is 18.5 Å². The smallest absolute Gasteiger partial charge is 0.345 e. The van der Waals surface area contributed by atoms with E-state index in [4.69, 9.17) is 8.85 Å². The highest BCUT2D eigenvalue weighted by molar-refractivity contribution is 8.00. The summed E-state index contributed by atoms with van der Waals surface area (Å²) in [7, 11) is -2.00. The van der Waals surface area contributed by atoms with Crippen LogP contribution >= 0.6 is 23.5 Å². The molecule has 1 aromatic carbocycles. The molecule has 0 aromatic heterocycles. The van der Waals surface area contributed by atoms with Gasteiger partial charge in [-0.1, -0.05) is 0 Å². The molecule has 0 spiro atoms. The number of hydrogen-bond donors (Lipinski definition) is 0. The molecular formula is C13H22O2S2Si. The Balaban J connectivity index is 2.55. The molecule has 0 radical (unpaired) electrons. The molecule has 0 fully saturated rings. The Hall–Kier alpha value is 0.0569. The second-order valence-corrected chi connectivity index (χ2v) is 9.60. The second-order valence-electron chi connectivity index (χ2n) is 3.96. The quantitative estimate of drug-likeness (QED) is 0.529. The van der Waals surface area contributed by atoms with Crippen LogP contribution in [0.4, 0.5) is 0 Å². The lowest BCUT2D eigenvalue weighted by Crippen LogP contribution is -2.42. The van der Waals surface area contributed by atoms with Crippen LogP contribution in [0.15, 0.2) is 34.1 Å². The van der Waals surface area contributed by atoms with E-state index in [-0.39, 0.29) is 0 Å². The van der Waals surface area contributed by atoms with Crippen LogP contribution in [0, 0.1) is 0 Å². The van der Waals surface area contributed by atoms with Crippen molar-refractivity contribution in [3.05, 3.63) is 24.3 Å². The average Bonchev–Trinajstić information content (AvgIpc) is 2.38. The van der Waals surface area contributed by atoms with Gasteiger partial charge in [-0.05, 0) is 50.9 Å². The lowest BCUT2D eigenvalue weighted by molar-refractivity contribution is 0.195. The third-order valence-electron chi connectivity index (χ3n) is 2.46. The largest absolute Gasteiger partial charge is 0.394 e. The van der Waals surface area contributed by atoms with Gasteiger partial charge in [-0.3, -0.25) is 0 Å². The molecule has 0 amide bonds. The minimum Gasteiger partial charge on any atom is -0.394 e. The Morgan fingerprint density at radius 3 is 1.94 bits per heavy atom. The van der Waals surface area contributed by atoms with Crippen LogP contribution in [0.2, 0.25) is 6.55 Å². The molecule has 2 nitrogen and oxygen atoms in total. The molecule has 0 aliphatic rings. The predicted octanol–water partition coefficient (Wildman–Crippen LogP) is 4.18. The summed E-state index contributed by atoms with van der Waals surface area (Å²) in [6.07, 6.45) is 2.09. The second kappa shape index (κ2) is 8.27. The van der Waals surface area contributed by atoms with E-state index in [1.165, 1.54) is 9.79 Å². The van der Waals surface area contributed by atoms with Crippen molar-refractivity contribution in [3.63, 3.8) is 0 Å². The van der Waals surface area contributed by atoms with Crippen molar-refractivity contribution in [2.45, 2.75) is 30.2 Å². The molecule has 0 bridgehead atoms. The molecule has 0 N–H and O–H groups in total. The highest BCUT2D eigenvalue weighted by Gasteiger charge is 2.30. The Bertz CT molecular complexity index is 337. The Morgan fingerprint density at radius 2 is 1.50 bits per heavy atom. The summed E-state index contributed by atoms with van der Waals surface area (Å²) in [6.45, 7) is 7.66. The first-order chi connectivity index (χ1) is 8.63. The Morgan fingerprint density at radius 1 is 1.00 bits per heavy atom. The molecular weight excluding hydrogens is 280 g/mol. The summed E-state index contributed by atoms with van der Waals surface area (Å²) in [5.41, 5.74) is 0. The molecule has 0 aliphatic heterocycles. The van der Waals surface area contributed by atoms with Crippen LogP contribution in [0.3, 0.4) is 0 Å². The van der Waals surface area contributed by atoms with Gasteiger partial charge in [-0.2, -0.15) is 0 Å². The maximum Gasteiger partial charge on any atom is 0.345 e. The van der Waals surface area contributed by atoms with Crippen LogP contribution < -0.4 is 0 Å². The van der Waals surface area contributed by atoms with Gasteiger partial charge in [0.25, 0.3) is 0 Å². The number of hydrogen-bond acceptors (Lipinski definition) is 4. The van der Waals surface area contributed by atoms with Gasteiger partial charge in [-0.25, -0.2) is 0 Å². The number of thioether (sulfide) groups is 2. The fourth-order valence-electron chi connectivity index (χ4n) is 1.62. The summed E-state index contributed by atoms with van der Waals surface area (Å²) < 4.78 is 11.7. The van der Waals surface area contributed by atoms with E-state index in [1.807, 2.05) is 25.6 Å². The van der Waals surface area contributed by atoms with Crippen molar-refractivity contribution in [3.8, 4) is 0 Å². The molecule has 0 atom stereocenters. The van der Waals surface area contributed by atoms with Gasteiger partial charge in [0.15, 0.2) is 0 Å². The van der Waals surface area contributed by atoms with Gasteiger partial charge < -0.3 is 8.85 Å². The lowest BCUT2D eigenvalue weighted by Gasteiger charge is -2.25. The zero-order valence-corrected chi connectivity index (χ0v) is 14.2. The number of benzene rings is 1. The minimum atomic E-state index is -2.00. The van der Waals surface area contributed by atoms with Crippen LogP contribution in [0.25, 0.3) is 0 Å². The standard InChI is InChI=1S/C13H22O2S2Si/c1-5-14-18(4,15-6-2)11-17-13-9-7-12(16-3)8-10-13/h7-10H,5-6,11H2,1-4H3. The van der Waals surface area contributed by atoms with Gasteiger partial charge in [0, 0.05) is 28.4 Å². The zero-order valence-electron chi connectivity index (χ0n) is 11.6. The molecule has 1 aromatic rings. The van der Waals surface area contributed by atoms with E-state index in [0.29, 0.717) is 0 Å². The van der Waals surface area contributed by atoms with E-state index in [0.717, 1.165) is 18.6 Å². The van der Waals surface area contributed by atoms with Crippen LogP contribution in [-0.4, -0.2) is 33.4 Å². The summed E-state index contributed by atoms with van der Waals surface area (Å²) in [4.78, 5) is 2.58. The Kier molecular flexibility index (Phi) is 7.40. The first-order valence-corrected chi connectivity index (χ1v) is 10.9. The van der Waals surface area contributed by atoms with Gasteiger partial charge in [-0.15, -0.1) is 23.5 Å². The predicted molar refractivity (Wildman–Crippen MR) is 83.8 cm³/mol. The maximum atomic E-state index is 5.83. The first kappa shape index (κ1) is 16.1.